The number of nitrogens with two attached hydrogens (primary N) is 1. The first-order chi connectivity index (χ1) is 18.8. The summed E-state index contributed by atoms with van der Waals surface area (Å²) in [6.07, 6.45) is 3.96. The van der Waals surface area contributed by atoms with E-state index in [1.165, 1.54) is 16.8 Å². The molecule has 2 fully saturated rings. The molecule has 5 nitrogen and oxygen atoms in total. The second kappa shape index (κ2) is 11.7. The van der Waals surface area contributed by atoms with Crippen LogP contribution in [0, 0.1) is 30.3 Å². The summed E-state index contributed by atoms with van der Waals surface area (Å²) in [4.78, 5) is 16.4. The Labute approximate surface area is 227 Å². The van der Waals surface area contributed by atoms with E-state index in [1.54, 1.807) is 12.1 Å². The number of hydrogen-bond acceptors (Lipinski definition) is 4. The first-order valence-electron chi connectivity index (χ1n) is 13.6. The highest BCUT2D eigenvalue weighted by Gasteiger charge is 2.26. The molecule has 2 aliphatic rings. The molecule has 39 heavy (non-hydrogen) atoms. The number of likely N-dealkylation sites (tertiary alicyclic amines) is 1. The quantitative estimate of drug-likeness (QED) is 0.360. The van der Waals surface area contributed by atoms with Crippen LogP contribution in [0.4, 0.5) is 18.9 Å². The van der Waals surface area contributed by atoms with E-state index in [2.05, 4.69) is 34.9 Å². The average molecular weight is 538 g/mol. The summed E-state index contributed by atoms with van der Waals surface area (Å²) in [6, 6.07) is 15.1. The van der Waals surface area contributed by atoms with Gasteiger partial charge in [-0.15, -0.1) is 0 Å². The summed E-state index contributed by atoms with van der Waals surface area (Å²) in [5.41, 5.74) is 10.5. The maximum absolute atomic E-state index is 13.9. The standard InChI is InChI=1S/C31H34F3N3O2/c1-20-4-7-24(37-12-2-3-23(19-37)31(35)38)15-26(20)22-10-13-36(14-11-22)18-21-5-8-25(9-6-21)39-30-17-28(33)27(32)16-29(30)34/h4-9,15-17,22-23H,2-3,10-14,18-19H2,1H3,(H2,35,38). The fourth-order valence-corrected chi connectivity index (χ4v) is 5.74. The van der Waals surface area contributed by atoms with Crippen LogP contribution in [0.15, 0.2) is 54.6 Å². The number of nitrogens with zero attached hydrogens (tertiary/aromatic N) is 2. The number of carbonyl (C=O) groups excluding carboxylic acids is 1. The molecule has 206 valence electrons. The molecule has 0 radical (unpaired) electrons. The Hall–Kier alpha value is -3.52. The van der Waals surface area contributed by atoms with Gasteiger partial charge in [0.2, 0.25) is 5.91 Å². The van der Waals surface area contributed by atoms with Gasteiger partial charge in [-0.1, -0.05) is 18.2 Å². The smallest absolute Gasteiger partial charge is 0.222 e. The molecule has 1 atom stereocenters. The highest BCUT2D eigenvalue weighted by molar-refractivity contribution is 5.77. The number of ether oxygens (including phenoxy) is 1. The number of carbonyl (C=O) groups is 1. The van der Waals surface area contributed by atoms with Gasteiger partial charge in [-0.05, 0) is 92.6 Å². The zero-order valence-electron chi connectivity index (χ0n) is 22.1. The van der Waals surface area contributed by atoms with Crippen LogP contribution in [0.5, 0.6) is 11.5 Å². The molecule has 0 aromatic heterocycles. The number of amides is 1. The van der Waals surface area contributed by atoms with Crippen molar-refractivity contribution in [2.24, 2.45) is 11.7 Å². The van der Waals surface area contributed by atoms with Crippen molar-refractivity contribution in [1.82, 2.24) is 4.90 Å². The maximum Gasteiger partial charge on any atom is 0.222 e. The Morgan fingerprint density at radius 2 is 1.64 bits per heavy atom. The van der Waals surface area contributed by atoms with Crippen molar-refractivity contribution in [2.45, 2.75) is 45.1 Å². The summed E-state index contributed by atoms with van der Waals surface area (Å²) in [6.45, 7) is 6.54. The molecule has 2 aliphatic heterocycles. The highest BCUT2D eigenvalue weighted by atomic mass is 19.2. The fraction of sp³-hybridized carbons (Fsp3) is 0.387. The van der Waals surface area contributed by atoms with Crippen LogP contribution < -0.4 is 15.4 Å². The van der Waals surface area contributed by atoms with Gasteiger partial charge in [0.25, 0.3) is 0 Å². The Morgan fingerprint density at radius 1 is 0.923 bits per heavy atom. The molecule has 0 spiro atoms. The van der Waals surface area contributed by atoms with E-state index in [9.17, 15) is 18.0 Å². The topological polar surface area (TPSA) is 58.8 Å². The molecule has 0 aliphatic carbocycles. The van der Waals surface area contributed by atoms with E-state index in [4.69, 9.17) is 10.5 Å². The van der Waals surface area contributed by atoms with E-state index in [1.807, 2.05) is 12.1 Å². The molecule has 8 heteroatoms. The van der Waals surface area contributed by atoms with E-state index in [0.29, 0.717) is 30.3 Å². The van der Waals surface area contributed by atoms with Crippen molar-refractivity contribution in [3.05, 3.63) is 88.7 Å². The van der Waals surface area contributed by atoms with E-state index >= 15 is 0 Å². The normalized spacial score (nSPS) is 18.8. The first-order valence-corrected chi connectivity index (χ1v) is 13.6. The molecule has 2 saturated heterocycles. The molecule has 5 rings (SSSR count). The highest BCUT2D eigenvalue weighted by Crippen LogP contribution is 2.35. The zero-order valence-corrected chi connectivity index (χ0v) is 22.1. The lowest BCUT2D eigenvalue weighted by Crippen LogP contribution is -2.41. The van der Waals surface area contributed by atoms with Gasteiger partial charge in [0, 0.05) is 37.5 Å². The van der Waals surface area contributed by atoms with Crippen LogP contribution >= 0.6 is 0 Å². The Morgan fingerprint density at radius 3 is 2.36 bits per heavy atom. The van der Waals surface area contributed by atoms with Crippen LogP contribution in [0.2, 0.25) is 0 Å². The molecule has 3 aromatic rings. The minimum atomic E-state index is -1.25. The largest absolute Gasteiger partial charge is 0.454 e. The number of rotatable bonds is 7. The van der Waals surface area contributed by atoms with Gasteiger partial charge >= 0.3 is 0 Å². The predicted octanol–water partition coefficient (Wildman–Crippen LogP) is 6.29. The molecule has 2 heterocycles. The van der Waals surface area contributed by atoms with E-state index < -0.39 is 17.5 Å². The molecule has 2 N–H and O–H groups in total. The Bertz CT molecular complexity index is 1320. The third-order valence-electron chi connectivity index (χ3n) is 8.01. The maximum atomic E-state index is 13.9. The summed E-state index contributed by atoms with van der Waals surface area (Å²) in [7, 11) is 0. The third kappa shape index (κ3) is 6.38. The summed E-state index contributed by atoms with van der Waals surface area (Å²) < 4.78 is 45.9. The lowest BCUT2D eigenvalue weighted by Gasteiger charge is -2.35. The Kier molecular flexibility index (Phi) is 8.12. The third-order valence-corrected chi connectivity index (χ3v) is 8.01. The van der Waals surface area contributed by atoms with Crippen molar-refractivity contribution < 1.29 is 22.7 Å². The van der Waals surface area contributed by atoms with Gasteiger partial charge in [-0.2, -0.15) is 0 Å². The molecule has 1 unspecified atom stereocenters. The summed E-state index contributed by atoms with van der Waals surface area (Å²) in [5.74, 6) is -3.16. The van der Waals surface area contributed by atoms with Crippen molar-refractivity contribution >= 4 is 11.6 Å². The first kappa shape index (κ1) is 27.1. The zero-order chi connectivity index (χ0) is 27.5. The monoisotopic (exact) mass is 537 g/mol. The minimum absolute atomic E-state index is 0.0838. The molecular weight excluding hydrogens is 503 g/mol. The van der Waals surface area contributed by atoms with Crippen molar-refractivity contribution in [2.75, 3.05) is 31.1 Å². The van der Waals surface area contributed by atoms with Crippen LogP contribution in [0.25, 0.3) is 0 Å². The van der Waals surface area contributed by atoms with Crippen molar-refractivity contribution in [3.8, 4) is 11.5 Å². The average Bonchev–Trinajstić information content (AvgIpc) is 2.93. The van der Waals surface area contributed by atoms with Gasteiger partial charge < -0.3 is 15.4 Å². The fourth-order valence-electron chi connectivity index (χ4n) is 5.74. The minimum Gasteiger partial charge on any atom is -0.454 e. The summed E-state index contributed by atoms with van der Waals surface area (Å²) >= 11 is 0. The van der Waals surface area contributed by atoms with Crippen LogP contribution in [-0.4, -0.2) is 37.0 Å². The number of piperidine rings is 2. The number of halogens is 3. The van der Waals surface area contributed by atoms with Gasteiger partial charge in [0.05, 0.1) is 5.92 Å². The number of hydrogen-bond donors (Lipinski definition) is 1. The number of benzene rings is 3. The lowest BCUT2D eigenvalue weighted by molar-refractivity contribution is -0.122. The van der Waals surface area contributed by atoms with E-state index in [-0.39, 0.29) is 17.6 Å². The molecule has 0 saturated carbocycles. The second-order valence-corrected chi connectivity index (χ2v) is 10.7. The van der Waals surface area contributed by atoms with Crippen LogP contribution in [0.3, 0.4) is 0 Å². The lowest BCUT2D eigenvalue weighted by atomic mass is 9.86. The second-order valence-electron chi connectivity index (χ2n) is 10.7. The van der Waals surface area contributed by atoms with Gasteiger partial charge in [-0.25, -0.2) is 13.2 Å². The van der Waals surface area contributed by atoms with Crippen molar-refractivity contribution in [3.63, 3.8) is 0 Å². The van der Waals surface area contributed by atoms with Gasteiger partial charge in [0.15, 0.2) is 23.2 Å². The van der Waals surface area contributed by atoms with E-state index in [0.717, 1.165) is 57.4 Å². The number of anilines is 1. The van der Waals surface area contributed by atoms with Gasteiger partial charge in [-0.3, -0.25) is 9.69 Å². The molecule has 1 amide bonds. The van der Waals surface area contributed by atoms with Crippen molar-refractivity contribution in [1.29, 1.82) is 0 Å². The molecule has 0 bridgehead atoms. The molecule has 3 aromatic carbocycles. The van der Waals surface area contributed by atoms with Crippen LogP contribution in [-0.2, 0) is 11.3 Å². The Balaban J connectivity index is 1.17. The SMILES string of the molecule is Cc1ccc(N2CCCC(C(N)=O)C2)cc1C1CCN(Cc2ccc(Oc3cc(F)c(F)cc3F)cc2)CC1. The number of aryl methyl sites for hydroxylation is 1. The summed E-state index contributed by atoms with van der Waals surface area (Å²) in [5, 5.41) is 0. The van der Waals surface area contributed by atoms with Crippen LogP contribution in [0.1, 0.15) is 48.3 Å². The predicted molar refractivity (Wildman–Crippen MR) is 145 cm³/mol. The molecular formula is C31H34F3N3O2. The van der Waals surface area contributed by atoms with Gasteiger partial charge in [0.1, 0.15) is 5.75 Å². The number of primary amides is 1.